The summed E-state index contributed by atoms with van der Waals surface area (Å²) in [6.45, 7) is 10.5. The summed E-state index contributed by atoms with van der Waals surface area (Å²) in [5.41, 5.74) is 0.881. The van der Waals surface area contributed by atoms with Crippen molar-refractivity contribution in [2.45, 2.75) is 34.6 Å². The van der Waals surface area contributed by atoms with Crippen LogP contribution in [-0.2, 0) is 9.53 Å². The second kappa shape index (κ2) is 19.6. The Morgan fingerprint density at radius 3 is 2.12 bits per heavy atom. The lowest BCUT2D eigenvalue weighted by Crippen LogP contribution is -1.88. The van der Waals surface area contributed by atoms with E-state index in [1.807, 2.05) is 33.1 Å². The van der Waals surface area contributed by atoms with Crippen molar-refractivity contribution in [1.82, 2.24) is 0 Å². The summed E-state index contributed by atoms with van der Waals surface area (Å²) in [5, 5.41) is 10.5. The van der Waals surface area contributed by atoms with E-state index in [0.717, 1.165) is 11.3 Å². The van der Waals surface area contributed by atoms with Gasteiger partial charge in [0, 0.05) is 5.57 Å². The van der Waals surface area contributed by atoms with E-state index >= 15 is 0 Å². The lowest BCUT2D eigenvalue weighted by molar-refractivity contribution is -0.126. The smallest absolute Gasteiger partial charge is 0.292 e. The summed E-state index contributed by atoms with van der Waals surface area (Å²) in [6.07, 6.45) is 0. The van der Waals surface area contributed by atoms with E-state index in [4.69, 9.17) is 10.1 Å². The van der Waals surface area contributed by atoms with Gasteiger partial charge < -0.3 is 4.74 Å². The van der Waals surface area contributed by atoms with Crippen LogP contribution < -0.4 is 0 Å². The van der Waals surface area contributed by atoms with Crippen molar-refractivity contribution >= 4 is 18.2 Å². The topological polar surface area (TPSA) is 50.1 Å². The Kier molecular flexibility index (Phi) is 25.1. The van der Waals surface area contributed by atoms with E-state index < -0.39 is 0 Å². The fraction of sp³-hybridized carbons (Fsp3) is 0.667. The van der Waals surface area contributed by atoms with Crippen molar-refractivity contribution in [3.05, 3.63) is 11.0 Å². The summed E-state index contributed by atoms with van der Waals surface area (Å²) in [4.78, 5) is 8.95. The van der Waals surface area contributed by atoms with Crippen molar-refractivity contribution in [3.8, 4) is 6.07 Å². The zero-order chi connectivity index (χ0) is 13.4. The van der Waals surface area contributed by atoms with Gasteiger partial charge in [0.1, 0.15) is 0 Å². The predicted molar refractivity (Wildman–Crippen MR) is 71.1 cm³/mol. The van der Waals surface area contributed by atoms with Crippen LogP contribution in [0.25, 0.3) is 0 Å². The molecule has 0 aromatic carbocycles. The number of ether oxygens (including phenoxy) is 1. The summed E-state index contributed by atoms with van der Waals surface area (Å²) < 4.78 is 3.86. The van der Waals surface area contributed by atoms with Crippen LogP contribution in [0.5, 0.6) is 0 Å². The first-order valence-electron chi connectivity index (χ1n) is 5.32. The largest absolute Gasteiger partial charge is 0.471 e. The number of rotatable bonds is 4. The molecule has 0 heterocycles. The van der Waals surface area contributed by atoms with E-state index in [9.17, 15) is 0 Å². The standard InChI is InChI=1S/C8H13NS.C2H4O2.C2H6/c1-4-10-6-8(5-9)7(2)3;1-4-2-3;1-2/h6-7H,4H2,1-3H3;2H,1H3;1-2H3/b8-6+;;. The number of thioether (sulfide) groups is 1. The van der Waals surface area contributed by atoms with Gasteiger partial charge >= 0.3 is 0 Å². The summed E-state index contributed by atoms with van der Waals surface area (Å²) in [6, 6.07) is 2.18. The van der Waals surface area contributed by atoms with Crippen molar-refractivity contribution < 1.29 is 9.53 Å². The molecule has 0 N–H and O–H groups in total. The van der Waals surface area contributed by atoms with Gasteiger partial charge in [-0.3, -0.25) is 4.79 Å². The highest BCUT2D eigenvalue weighted by Crippen LogP contribution is 2.13. The molecule has 0 aliphatic rings. The Morgan fingerprint density at radius 1 is 1.50 bits per heavy atom. The second-order valence-corrected chi connectivity index (χ2v) is 3.77. The molecular weight excluding hydrogens is 222 g/mol. The molecule has 4 heteroatoms. The molecule has 94 valence electrons. The first-order chi connectivity index (χ1) is 7.63. The molecule has 0 amide bonds. The van der Waals surface area contributed by atoms with Crippen molar-refractivity contribution in [2.75, 3.05) is 12.9 Å². The normalized spacial score (nSPS) is 9.00. The van der Waals surface area contributed by atoms with E-state index in [0.29, 0.717) is 12.4 Å². The maximum absolute atomic E-state index is 8.95. The highest BCUT2D eigenvalue weighted by molar-refractivity contribution is 8.02. The van der Waals surface area contributed by atoms with Gasteiger partial charge in [0.2, 0.25) is 0 Å². The number of nitrogens with zero attached hydrogens (tertiary/aromatic N) is 1. The Bertz CT molecular complexity index is 208. The molecule has 0 rings (SSSR count). The van der Waals surface area contributed by atoms with Crippen molar-refractivity contribution in [2.24, 2.45) is 5.92 Å². The van der Waals surface area contributed by atoms with Gasteiger partial charge in [-0.05, 0) is 17.1 Å². The SMILES string of the molecule is CC.CCS/C=C(\C#N)C(C)C.COC=O. The number of carbonyl (C=O) groups is 1. The Balaban J connectivity index is -0.000000237. The third-order valence-electron chi connectivity index (χ3n) is 1.22. The molecule has 0 bridgehead atoms. The fourth-order valence-electron chi connectivity index (χ4n) is 0.465. The summed E-state index contributed by atoms with van der Waals surface area (Å²) >= 11 is 1.68. The first-order valence-corrected chi connectivity index (χ1v) is 6.37. The number of hydrogen-bond donors (Lipinski definition) is 0. The summed E-state index contributed by atoms with van der Waals surface area (Å²) in [5.74, 6) is 1.40. The molecule has 0 aromatic heterocycles. The minimum absolute atomic E-state index is 0.365. The van der Waals surface area contributed by atoms with Crippen LogP contribution in [0, 0.1) is 17.2 Å². The minimum Gasteiger partial charge on any atom is -0.471 e. The third-order valence-corrected chi connectivity index (χ3v) is 1.98. The quantitative estimate of drug-likeness (QED) is 0.560. The van der Waals surface area contributed by atoms with Crippen LogP contribution in [0.15, 0.2) is 11.0 Å². The minimum atomic E-state index is 0.365. The van der Waals surface area contributed by atoms with Gasteiger partial charge in [-0.25, -0.2) is 0 Å². The summed E-state index contributed by atoms with van der Waals surface area (Å²) in [7, 11) is 1.31. The molecule has 0 atom stereocenters. The lowest BCUT2D eigenvalue weighted by Gasteiger charge is -1.99. The van der Waals surface area contributed by atoms with Gasteiger partial charge in [-0.2, -0.15) is 5.26 Å². The number of carbonyl (C=O) groups excluding carboxylic acids is 1. The highest BCUT2D eigenvalue weighted by atomic mass is 32.2. The van der Waals surface area contributed by atoms with Crippen molar-refractivity contribution in [1.29, 1.82) is 5.26 Å². The van der Waals surface area contributed by atoms with Crippen molar-refractivity contribution in [3.63, 3.8) is 0 Å². The lowest BCUT2D eigenvalue weighted by atomic mass is 10.1. The predicted octanol–water partition coefficient (Wildman–Crippen LogP) is 3.62. The number of nitriles is 1. The van der Waals surface area contributed by atoms with Crippen LogP contribution in [-0.4, -0.2) is 19.3 Å². The van der Waals surface area contributed by atoms with Crippen LogP contribution in [0.2, 0.25) is 0 Å². The molecule has 0 unspecified atom stereocenters. The number of hydrogen-bond acceptors (Lipinski definition) is 4. The molecule has 3 nitrogen and oxygen atoms in total. The maximum Gasteiger partial charge on any atom is 0.292 e. The molecule has 0 aliphatic carbocycles. The van der Waals surface area contributed by atoms with Gasteiger partial charge in [0.15, 0.2) is 0 Å². The van der Waals surface area contributed by atoms with Crippen LogP contribution >= 0.6 is 11.8 Å². The van der Waals surface area contributed by atoms with E-state index in [2.05, 4.69) is 17.7 Å². The molecule has 0 radical (unpaired) electrons. The van der Waals surface area contributed by atoms with E-state index in [1.54, 1.807) is 11.8 Å². The van der Waals surface area contributed by atoms with E-state index in [1.165, 1.54) is 7.11 Å². The molecule has 0 spiro atoms. The van der Waals surface area contributed by atoms with Crippen LogP contribution in [0.3, 0.4) is 0 Å². The third kappa shape index (κ3) is 18.8. The monoisotopic (exact) mass is 245 g/mol. The molecule has 16 heavy (non-hydrogen) atoms. The Morgan fingerprint density at radius 2 is 1.94 bits per heavy atom. The average molecular weight is 245 g/mol. The van der Waals surface area contributed by atoms with Crippen LogP contribution in [0.4, 0.5) is 0 Å². The molecule has 0 aliphatic heterocycles. The van der Waals surface area contributed by atoms with E-state index in [-0.39, 0.29) is 0 Å². The van der Waals surface area contributed by atoms with Gasteiger partial charge in [0.05, 0.1) is 13.2 Å². The molecule has 0 aromatic rings. The number of allylic oxidation sites excluding steroid dienone is 1. The highest BCUT2D eigenvalue weighted by Gasteiger charge is 1.99. The fourth-order valence-corrected chi connectivity index (χ4v) is 1.14. The van der Waals surface area contributed by atoms with Gasteiger partial charge in [-0.15, -0.1) is 11.8 Å². The zero-order valence-electron chi connectivity index (χ0n) is 11.1. The molecule has 0 fully saturated rings. The Labute approximate surface area is 104 Å². The molecule has 0 saturated heterocycles. The van der Waals surface area contributed by atoms with Crippen LogP contribution in [0.1, 0.15) is 34.6 Å². The zero-order valence-corrected chi connectivity index (χ0v) is 11.9. The average Bonchev–Trinajstić information content (AvgIpc) is 2.32. The number of methoxy groups -OCH3 is 1. The maximum atomic E-state index is 8.95. The van der Waals surface area contributed by atoms with Gasteiger partial charge in [0.25, 0.3) is 6.47 Å². The van der Waals surface area contributed by atoms with Gasteiger partial charge in [-0.1, -0.05) is 34.6 Å². The second-order valence-electron chi connectivity index (χ2n) is 2.63. The first kappa shape index (κ1) is 20.5. The molecular formula is C12H23NO2S. The Hall–Kier alpha value is -0.950. The molecule has 0 saturated carbocycles.